The number of nitrogens with one attached hydrogen (secondary N) is 1. The molecule has 0 aromatic heterocycles. The quantitative estimate of drug-likeness (QED) is 0.560. The third kappa shape index (κ3) is 2.32. The molecule has 4 saturated heterocycles. The molecule has 7 atom stereocenters. The second-order valence-electron chi connectivity index (χ2n) is 10.6. The Labute approximate surface area is 167 Å². The monoisotopic (exact) mass is 392 g/mol. The standard InChI is InChI=1S/C22H33NO5/c1-14-4-3-5-20(2)12-16-17(18-22(14,20)28-18)15(19(24)27-16)13-23-8-6-21(7-9-23)25-10-11-26-21/h14-18H,3-13H2,1-2H3/p+1/t14-,15+,16-,17-,18+,20-,22+/m1/s1. The Balaban J connectivity index is 1.18. The molecule has 2 aliphatic carbocycles. The van der Waals surface area contributed by atoms with Gasteiger partial charge in [-0.2, -0.15) is 0 Å². The second-order valence-corrected chi connectivity index (χ2v) is 10.6. The Hall–Kier alpha value is -0.690. The lowest BCUT2D eigenvalue weighted by molar-refractivity contribution is -0.911. The first-order chi connectivity index (χ1) is 13.5. The van der Waals surface area contributed by atoms with Crippen LogP contribution in [0.4, 0.5) is 0 Å². The topological polar surface area (TPSA) is 61.7 Å². The number of fused-ring (bicyclic) bond motifs is 2. The third-order valence-electron chi connectivity index (χ3n) is 9.24. The van der Waals surface area contributed by atoms with E-state index in [0.717, 1.165) is 38.9 Å². The molecular formula is C22H34NO5+. The summed E-state index contributed by atoms with van der Waals surface area (Å²) in [6.45, 7) is 9.06. The predicted molar refractivity (Wildman–Crippen MR) is 99.6 cm³/mol. The normalized spacial score (nSPS) is 52.1. The van der Waals surface area contributed by atoms with Gasteiger partial charge in [-0.15, -0.1) is 0 Å². The smallest absolute Gasteiger partial charge is 0.315 e. The van der Waals surface area contributed by atoms with Crippen molar-refractivity contribution in [3.8, 4) is 0 Å². The molecule has 0 unspecified atom stereocenters. The molecule has 2 spiro atoms. The molecule has 6 rings (SSSR count). The molecule has 0 aromatic carbocycles. The van der Waals surface area contributed by atoms with Crippen molar-refractivity contribution in [1.29, 1.82) is 0 Å². The van der Waals surface area contributed by atoms with Gasteiger partial charge >= 0.3 is 5.97 Å². The lowest BCUT2D eigenvalue weighted by Gasteiger charge is -2.48. The average Bonchev–Trinajstić information content (AvgIpc) is 3.16. The Bertz CT molecular complexity index is 668. The fourth-order valence-corrected chi connectivity index (χ4v) is 7.75. The first-order valence-corrected chi connectivity index (χ1v) is 11.5. The molecule has 0 bridgehead atoms. The van der Waals surface area contributed by atoms with Gasteiger partial charge in [0.25, 0.3) is 0 Å². The van der Waals surface area contributed by atoms with Gasteiger partial charge in [-0.05, 0) is 25.2 Å². The lowest BCUT2D eigenvalue weighted by Crippen LogP contribution is -3.14. The van der Waals surface area contributed by atoms with E-state index in [1.54, 1.807) is 0 Å². The zero-order valence-corrected chi connectivity index (χ0v) is 17.2. The van der Waals surface area contributed by atoms with Crippen molar-refractivity contribution in [3.63, 3.8) is 0 Å². The minimum absolute atomic E-state index is 0.00542. The lowest BCUT2D eigenvalue weighted by atomic mass is 9.53. The van der Waals surface area contributed by atoms with Crippen molar-refractivity contribution >= 4 is 5.97 Å². The maximum absolute atomic E-state index is 12.9. The van der Waals surface area contributed by atoms with Crippen molar-refractivity contribution in [1.82, 2.24) is 0 Å². The number of carbonyl (C=O) groups excluding carboxylic acids is 1. The van der Waals surface area contributed by atoms with Crippen LogP contribution in [-0.2, 0) is 23.7 Å². The molecule has 6 heteroatoms. The van der Waals surface area contributed by atoms with Crippen LogP contribution in [0, 0.1) is 23.2 Å². The molecule has 4 heterocycles. The molecular weight excluding hydrogens is 358 g/mol. The molecule has 2 saturated carbocycles. The van der Waals surface area contributed by atoms with Gasteiger partial charge in [-0.25, -0.2) is 0 Å². The zero-order valence-electron chi connectivity index (χ0n) is 17.2. The van der Waals surface area contributed by atoms with Crippen LogP contribution >= 0.6 is 0 Å². The number of likely N-dealkylation sites (tertiary alicyclic amines) is 1. The highest BCUT2D eigenvalue weighted by Gasteiger charge is 2.78. The van der Waals surface area contributed by atoms with Gasteiger partial charge < -0.3 is 23.8 Å². The van der Waals surface area contributed by atoms with E-state index in [-0.39, 0.29) is 46.8 Å². The first kappa shape index (κ1) is 18.1. The van der Waals surface area contributed by atoms with Gasteiger partial charge in [0.15, 0.2) is 5.79 Å². The predicted octanol–water partition coefficient (Wildman–Crippen LogP) is 0.934. The molecule has 0 radical (unpaired) electrons. The van der Waals surface area contributed by atoms with E-state index in [0.29, 0.717) is 19.1 Å². The summed E-state index contributed by atoms with van der Waals surface area (Å²) in [5, 5.41) is 0. The number of rotatable bonds is 2. The number of hydrogen-bond donors (Lipinski definition) is 1. The number of epoxide rings is 1. The molecule has 6 nitrogen and oxygen atoms in total. The Morgan fingerprint density at radius 1 is 1.14 bits per heavy atom. The largest absolute Gasteiger partial charge is 0.462 e. The Kier molecular flexibility index (Phi) is 3.84. The summed E-state index contributed by atoms with van der Waals surface area (Å²) in [5.41, 5.74) is 0.179. The van der Waals surface area contributed by atoms with Crippen LogP contribution in [0.3, 0.4) is 0 Å². The minimum atomic E-state index is -0.337. The Morgan fingerprint density at radius 2 is 1.89 bits per heavy atom. The van der Waals surface area contributed by atoms with Crippen molar-refractivity contribution in [2.75, 3.05) is 32.8 Å². The van der Waals surface area contributed by atoms with Crippen LogP contribution < -0.4 is 4.90 Å². The SMILES string of the molecule is C[C@@H]1CCC[C@]2(C)C[C@H]3OC(=O)[C@@H](C[NH+]4CCC5(CC4)OCCO5)[C@H]3[C@@H]3O[C@@]132. The molecule has 1 N–H and O–H groups in total. The highest BCUT2D eigenvalue weighted by Crippen LogP contribution is 2.70. The summed E-state index contributed by atoms with van der Waals surface area (Å²) < 4.78 is 24.3. The molecule has 156 valence electrons. The summed E-state index contributed by atoms with van der Waals surface area (Å²) in [6, 6.07) is 0. The van der Waals surface area contributed by atoms with Crippen LogP contribution in [0.5, 0.6) is 0 Å². The fraction of sp³-hybridized carbons (Fsp3) is 0.955. The summed E-state index contributed by atoms with van der Waals surface area (Å²) in [7, 11) is 0. The number of esters is 1. The Morgan fingerprint density at radius 3 is 2.64 bits per heavy atom. The van der Waals surface area contributed by atoms with E-state index < -0.39 is 0 Å². The fourth-order valence-electron chi connectivity index (χ4n) is 7.75. The molecule has 28 heavy (non-hydrogen) atoms. The van der Waals surface area contributed by atoms with Crippen molar-refractivity contribution in [2.24, 2.45) is 23.2 Å². The van der Waals surface area contributed by atoms with Gasteiger partial charge in [-0.1, -0.05) is 20.3 Å². The van der Waals surface area contributed by atoms with E-state index in [9.17, 15) is 4.79 Å². The third-order valence-corrected chi connectivity index (χ3v) is 9.24. The van der Waals surface area contributed by atoms with Crippen LogP contribution in [0.2, 0.25) is 0 Å². The van der Waals surface area contributed by atoms with E-state index in [1.807, 2.05) is 0 Å². The summed E-state index contributed by atoms with van der Waals surface area (Å²) in [6.07, 6.45) is 6.86. The number of hydrogen-bond acceptors (Lipinski definition) is 5. The highest BCUT2D eigenvalue weighted by atomic mass is 16.7. The van der Waals surface area contributed by atoms with Crippen molar-refractivity contribution in [3.05, 3.63) is 0 Å². The molecule has 6 fully saturated rings. The van der Waals surface area contributed by atoms with Gasteiger partial charge in [-0.3, -0.25) is 4.79 Å². The van der Waals surface area contributed by atoms with E-state index >= 15 is 0 Å². The minimum Gasteiger partial charge on any atom is -0.462 e. The second kappa shape index (κ2) is 5.93. The van der Waals surface area contributed by atoms with Crippen molar-refractivity contribution in [2.45, 2.75) is 76.0 Å². The maximum Gasteiger partial charge on any atom is 0.315 e. The summed E-state index contributed by atoms with van der Waals surface area (Å²) >= 11 is 0. The van der Waals surface area contributed by atoms with E-state index in [2.05, 4.69) is 13.8 Å². The van der Waals surface area contributed by atoms with Crippen molar-refractivity contribution < 1.29 is 28.6 Å². The number of ether oxygens (including phenoxy) is 4. The molecule has 4 aliphatic heterocycles. The van der Waals surface area contributed by atoms with Crippen LogP contribution in [0.15, 0.2) is 0 Å². The molecule has 0 amide bonds. The van der Waals surface area contributed by atoms with Crippen LogP contribution in [-0.4, -0.2) is 62.4 Å². The molecule has 6 aliphatic rings. The van der Waals surface area contributed by atoms with Gasteiger partial charge in [0.05, 0.1) is 51.8 Å². The number of carbonyl (C=O) groups is 1. The number of piperidine rings is 1. The van der Waals surface area contributed by atoms with Gasteiger partial charge in [0, 0.05) is 11.3 Å². The zero-order chi connectivity index (χ0) is 19.1. The number of quaternary nitrogens is 1. The molecule has 0 aromatic rings. The van der Waals surface area contributed by atoms with Crippen LogP contribution in [0.25, 0.3) is 0 Å². The highest BCUT2D eigenvalue weighted by molar-refractivity contribution is 5.76. The van der Waals surface area contributed by atoms with Gasteiger partial charge in [0.2, 0.25) is 0 Å². The van der Waals surface area contributed by atoms with Crippen LogP contribution in [0.1, 0.15) is 52.4 Å². The average molecular weight is 393 g/mol. The summed E-state index contributed by atoms with van der Waals surface area (Å²) in [4.78, 5) is 14.4. The first-order valence-electron chi connectivity index (χ1n) is 11.5. The summed E-state index contributed by atoms with van der Waals surface area (Å²) in [5.74, 6) is 0.519. The van der Waals surface area contributed by atoms with E-state index in [1.165, 1.54) is 24.2 Å². The van der Waals surface area contributed by atoms with Gasteiger partial charge in [0.1, 0.15) is 17.6 Å². The van der Waals surface area contributed by atoms with E-state index in [4.69, 9.17) is 18.9 Å². The maximum atomic E-state index is 12.9.